The van der Waals surface area contributed by atoms with E-state index >= 15 is 0 Å². The standard InChI is InChI=1S/C6H6O6S.Na.H/c1-11-6(7)4-2-3-5(12-4)13(8,9)10;;/h2-3H,1H3,(H,8,9,10);;. The first-order chi connectivity index (χ1) is 5.95. The predicted molar refractivity (Wildman–Crippen MR) is 47.0 cm³/mol. The number of ether oxygens (including phenoxy) is 1. The average Bonchev–Trinajstić information content (AvgIpc) is 2.50. The van der Waals surface area contributed by atoms with Crippen molar-refractivity contribution in [2.45, 2.75) is 5.09 Å². The Kier molecular flexibility index (Phi) is 4.82. The topological polar surface area (TPSA) is 93.8 Å². The quantitative estimate of drug-likeness (QED) is 0.424. The van der Waals surface area contributed by atoms with Crippen molar-refractivity contribution in [3.05, 3.63) is 17.9 Å². The molecule has 0 fully saturated rings. The second-order valence-electron chi connectivity index (χ2n) is 2.09. The molecule has 1 rings (SSSR count). The minimum absolute atomic E-state index is 0. The number of hydrogen-bond acceptors (Lipinski definition) is 5. The van der Waals surface area contributed by atoms with Gasteiger partial charge in [-0.3, -0.25) is 4.55 Å². The second-order valence-corrected chi connectivity index (χ2v) is 3.44. The van der Waals surface area contributed by atoms with E-state index in [9.17, 15) is 13.2 Å². The molecule has 1 aromatic heterocycles. The van der Waals surface area contributed by atoms with Crippen molar-refractivity contribution in [2.75, 3.05) is 7.11 Å². The number of methoxy groups -OCH3 is 1. The number of furan rings is 1. The van der Waals surface area contributed by atoms with Gasteiger partial charge in [-0.1, -0.05) is 0 Å². The monoisotopic (exact) mass is 230 g/mol. The van der Waals surface area contributed by atoms with Gasteiger partial charge in [-0.05, 0) is 12.1 Å². The fourth-order valence-corrected chi connectivity index (χ4v) is 1.10. The molecule has 0 aliphatic rings. The molecule has 0 atom stereocenters. The summed E-state index contributed by atoms with van der Waals surface area (Å²) in [5.41, 5.74) is 0. The summed E-state index contributed by atoms with van der Waals surface area (Å²) < 4.78 is 38.2. The van der Waals surface area contributed by atoms with E-state index in [2.05, 4.69) is 9.15 Å². The third-order valence-corrected chi connectivity index (χ3v) is 1.95. The zero-order chi connectivity index (χ0) is 10.1. The van der Waals surface area contributed by atoms with Crippen LogP contribution in [0.15, 0.2) is 21.6 Å². The van der Waals surface area contributed by atoms with Crippen LogP contribution in [0.1, 0.15) is 10.6 Å². The maximum atomic E-state index is 10.8. The molecular weight excluding hydrogens is 223 g/mol. The van der Waals surface area contributed by atoms with E-state index in [-0.39, 0.29) is 35.3 Å². The van der Waals surface area contributed by atoms with Crippen LogP contribution in [0.4, 0.5) is 0 Å². The first kappa shape index (κ1) is 13.7. The van der Waals surface area contributed by atoms with Crippen LogP contribution in [0.25, 0.3) is 0 Å². The summed E-state index contributed by atoms with van der Waals surface area (Å²) >= 11 is 0. The second kappa shape index (κ2) is 4.94. The molecule has 0 aliphatic heterocycles. The van der Waals surface area contributed by atoms with Gasteiger partial charge in [0.05, 0.1) is 7.11 Å². The summed E-state index contributed by atoms with van der Waals surface area (Å²) in [6.07, 6.45) is 0. The van der Waals surface area contributed by atoms with Gasteiger partial charge in [-0.25, -0.2) is 4.79 Å². The van der Waals surface area contributed by atoms with E-state index in [1.165, 1.54) is 0 Å². The van der Waals surface area contributed by atoms with Gasteiger partial charge >= 0.3 is 45.6 Å². The molecule has 0 bridgehead atoms. The molecule has 0 unspecified atom stereocenters. The molecule has 1 aromatic rings. The molecule has 1 N–H and O–H groups in total. The maximum absolute atomic E-state index is 10.8. The molecule has 6 nitrogen and oxygen atoms in total. The van der Waals surface area contributed by atoms with Crippen LogP contribution in [-0.2, 0) is 14.9 Å². The van der Waals surface area contributed by atoms with Gasteiger partial charge in [-0.2, -0.15) is 8.42 Å². The molecule has 8 heteroatoms. The summed E-state index contributed by atoms with van der Waals surface area (Å²) in [5, 5.41) is -0.687. The first-order valence-electron chi connectivity index (χ1n) is 3.11. The third-order valence-electron chi connectivity index (χ3n) is 1.22. The molecule has 74 valence electrons. The van der Waals surface area contributed by atoms with Gasteiger partial charge < -0.3 is 9.15 Å². The van der Waals surface area contributed by atoms with Crippen LogP contribution >= 0.6 is 0 Å². The number of carbonyl (C=O) groups is 1. The van der Waals surface area contributed by atoms with Crippen LogP contribution in [0.5, 0.6) is 0 Å². The van der Waals surface area contributed by atoms with Gasteiger partial charge in [0.2, 0.25) is 10.9 Å². The molecule has 0 saturated carbocycles. The Morgan fingerprint density at radius 3 is 2.43 bits per heavy atom. The molecule has 0 aliphatic carbocycles. The van der Waals surface area contributed by atoms with E-state index in [1.54, 1.807) is 0 Å². The molecule has 0 amide bonds. The number of hydrogen-bond donors (Lipinski definition) is 1. The Balaban J connectivity index is 0.00000169. The Hall–Kier alpha value is -0.340. The molecule has 0 spiro atoms. The Labute approximate surface area is 102 Å². The van der Waals surface area contributed by atoms with Gasteiger partial charge in [-0.15, -0.1) is 0 Å². The molecule has 1 heterocycles. The van der Waals surface area contributed by atoms with Crippen LogP contribution in [0, 0.1) is 0 Å². The van der Waals surface area contributed by atoms with Crippen molar-refractivity contribution >= 4 is 45.6 Å². The third kappa shape index (κ3) is 3.10. The molecule has 0 radical (unpaired) electrons. The normalized spacial score (nSPS) is 10.4. The molecule has 0 saturated heterocycles. The fraction of sp³-hybridized carbons (Fsp3) is 0.167. The first-order valence-corrected chi connectivity index (χ1v) is 4.55. The van der Waals surface area contributed by atoms with Gasteiger partial charge in [0.15, 0.2) is 0 Å². The zero-order valence-electron chi connectivity index (χ0n) is 6.55. The summed E-state index contributed by atoms with van der Waals surface area (Å²) in [7, 11) is -3.28. The van der Waals surface area contributed by atoms with Gasteiger partial charge in [0.25, 0.3) is 0 Å². The SMILES string of the molecule is COC(=O)c1ccc(S(=O)(=O)O)o1.[NaH]. The van der Waals surface area contributed by atoms with Crippen molar-refractivity contribution in [3.8, 4) is 0 Å². The number of esters is 1. The van der Waals surface area contributed by atoms with Crippen LogP contribution < -0.4 is 0 Å². The Bertz CT molecular complexity index is 419. The van der Waals surface area contributed by atoms with Crippen molar-refractivity contribution in [1.29, 1.82) is 0 Å². The van der Waals surface area contributed by atoms with Crippen molar-refractivity contribution in [3.63, 3.8) is 0 Å². The minimum atomic E-state index is -4.40. The van der Waals surface area contributed by atoms with Crippen LogP contribution in [0.3, 0.4) is 0 Å². The summed E-state index contributed by atoms with van der Waals surface area (Å²) in [6, 6.07) is 2.05. The summed E-state index contributed by atoms with van der Waals surface area (Å²) in [6.45, 7) is 0. The molecular formula is C6H7NaO6S. The van der Waals surface area contributed by atoms with E-state index in [0.717, 1.165) is 19.2 Å². The fourth-order valence-electron chi connectivity index (χ4n) is 0.669. The van der Waals surface area contributed by atoms with Crippen LogP contribution in [-0.4, -0.2) is 55.6 Å². The molecule has 0 aromatic carbocycles. The predicted octanol–water partition coefficient (Wildman–Crippen LogP) is -0.336. The van der Waals surface area contributed by atoms with E-state index in [0.29, 0.717) is 0 Å². The van der Waals surface area contributed by atoms with Crippen molar-refractivity contribution < 1.29 is 26.9 Å². The summed E-state index contributed by atoms with van der Waals surface area (Å²) in [4.78, 5) is 10.8. The average molecular weight is 230 g/mol. The van der Waals surface area contributed by atoms with Gasteiger partial charge in [0.1, 0.15) is 0 Å². The van der Waals surface area contributed by atoms with Crippen molar-refractivity contribution in [1.82, 2.24) is 0 Å². The van der Waals surface area contributed by atoms with Crippen LogP contribution in [0.2, 0.25) is 0 Å². The van der Waals surface area contributed by atoms with E-state index in [1.807, 2.05) is 0 Å². The molecule has 14 heavy (non-hydrogen) atoms. The number of rotatable bonds is 2. The Morgan fingerprint density at radius 1 is 1.50 bits per heavy atom. The number of carbonyl (C=O) groups excluding carboxylic acids is 1. The zero-order valence-corrected chi connectivity index (χ0v) is 7.37. The van der Waals surface area contributed by atoms with E-state index < -0.39 is 21.2 Å². The van der Waals surface area contributed by atoms with Gasteiger partial charge in [0, 0.05) is 0 Å². The van der Waals surface area contributed by atoms with E-state index in [4.69, 9.17) is 4.55 Å². The Morgan fingerprint density at radius 2 is 2.07 bits per heavy atom. The van der Waals surface area contributed by atoms with Crippen molar-refractivity contribution in [2.24, 2.45) is 0 Å². The summed E-state index contributed by atoms with van der Waals surface area (Å²) in [5.74, 6) is -1.09.